The predicted octanol–water partition coefficient (Wildman–Crippen LogP) is 2.59. The summed E-state index contributed by atoms with van der Waals surface area (Å²) in [5, 5.41) is 0.610. The Hall–Kier alpha value is -1.62. The van der Waals surface area contributed by atoms with Crippen LogP contribution in [0.15, 0.2) is 35.5 Å². The molecule has 1 aromatic heterocycles. The van der Waals surface area contributed by atoms with Gasteiger partial charge in [-0.05, 0) is 30.5 Å². The molecule has 1 aromatic carbocycles. The molecule has 0 unspecified atom stereocenters. The summed E-state index contributed by atoms with van der Waals surface area (Å²) in [6.07, 6.45) is 1.88. The Morgan fingerprint density at radius 2 is 1.88 bits per heavy atom. The van der Waals surface area contributed by atoms with Crippen molar-refractivity contribution in [2.75, 3.05) is 12.0 Å². The van der Waals surface area contributed by atoms with Crippen LogP contribution in [0, 0.1) is 5.82 Å². The van der Waals surface area contributed by atoms with Crippen molar-refractivity contribution in [1.29, 1.82) is 0 Å². The lowest BCUT2D eigenvalue weighted by molar-refractivity contribution is 0.628. The first-order chi connectivity index (χ1) is 7.69. The zero-order chi connectivity index (χ0) is 11.5. The second-order valence-corrected chi connectivity index (χ2v) is 3.95. The van der Waals surface area contributed by atoms with Crippen molar-refractivity contribution in [3.05, 3.63) is 36.1 Å². The fraction of sp³-hybridized carbons (Fsp3) is 0.0909. The maximum Gasteiger partial charge on any atom is 0.189 e. The molecule has 3 nitrogen and oxygen atoms in total. The van der Waals surface area contributed by atoms with Crippen molar-refractivity contribution in [3.8, 4) is 11.3 Å². The highest BCUT2D eigenvalue weighted by Gasteiger charge is 2.04. The smallest absolute Gasteiger partial charge is 0.189 e. The number of halogens is 1. The van der Waals surface area contributed by atoms with E-state index in [2.05, 4.69) is 9.97 Å². The SMILES string of the molecule is CSc1nc(N)cc(-c2ccc(F)cc2)n1. The number of hydrogen-bond acceptors (Lipinski definition) is 4. The maximum atomic E-state index is 12.8. The van der Waals surface area contributed by atoms with Gasteiger partial charge in [0.25, 0.3) is 0 Å². The number of hydrogen-bond donors (Lipinski definition) is 1. The third-order valence-corrected chi connectivity index (χ3v) is 2.60. The van der Waals surface area contributed by atoms with Crippen LogP contribution in [0.2, 0.25) is 0 Å². The van der Waals surface area contributed by atoms with E-state index in [9.17, 15) is 4.39 Å². The topological polar surface area (TPSA) is 51.8 Å². The first-order valence-electron chi connectivity index (χ1n) is 4.63. The van der Waals surface area contributed by atoms with E-state index in [1.165, 1.54) is 23.9 Å². The average molecular weight is 235 g/mol. The van der Waals surface area contributed by atoms with Gasteiger partial charge in [0.15, 0.2) is 5.16 Å². The van der Waals surface area contributed by atoms with Gasteiger partial charge in [-0.2, -0.15) is 0 Å². The molecule has 0 amide bonds. The molecule has 2 aromatic rings. The zero-order valence-corrected chi connectivity index (χ0v) is 9.46. The van der Waals surface area contributed by atoms with E-state index in [0.29, 0.717) is 16.7 Å². The lowest BCUT2D eigenvalue weighted by Crippen LogP contribution is -1.96. The van der Waals surface area contributed by atoms with Gasteiger partial charge in [-0.1, -0.05) is 11.8 Å². The van der Waals surface area contributed by atoms with Crippen molar-refractivity contribution >= 4 is 17.6 Å². The molecule has 0 saturated carbocycles. The minimum atomic E-state index is -0.268. The molecule has 5 heteroatoms. The number of nitrogens with zero attached hydrogens (tertiary/aromatic N) is 2. The van der Waals surface area contributed by atoms with Gasteiger partial charge in [-0.3, -0.25) is 0 Å². The molecule has 2 N–H and O–H groups in total. The quantitative estimate of drug-likeness (QED) is 0.642. The zero-order valence-electron chi connectivity index (χ0n) is 8.64. The van der Waals surface area contributed by atoms with E-state index in [4.69, 9.17) is 5.73 Å². The van der Waals surface area contributed by atoms with E-state index >= 15 is 0 Å². The standard InChI is InChI=1S/C11H10FN3S/c1-16-11-14-9(6-10(13)15-11)7-2-4-8(12)5-3-7/h2-6H,1H3,(H2,13,14,15). The predicted molar refractivity (Wildman–Crippen MR) is 63.6 cm³/mol. The highest BCUT2D eigenvalue weighted by atomic mass is 32.2. The van der Waals surface area contributed by atoms with Crippen LogP contribution in [0.5, 0.6) is 0 Å². The monoisotopic (exact) mass is 235 g/mol. The Morgan fingerprint density at radius 3 is 2.50 bits per heavy atom. The summed E-state index contributed by atoms with van der Waals surface area (Å²) in [4.78, 5) is 8.35. The number of nitrogens with two attached hydrogens (primary N) is 1. The largest absolute Gasteiger partial charge is 0.384 e. The van der Waals surface area contributed by atoms with Crippen LogP contribution >= 0.6 is 11.8 Å². The molecule has 0 aliphatic carbocycles. The Labute approximate surface area is 96.9 Å². The molecule has 0 atom stereocenters. The highest BCUT2D eigenvalue weighted by Crippen LogP contribution is 2.21. The average Bonchev–Trinajstić information content (AvgIpc) is 2.29. The summed E-state index contributed by atoms with van der Waals surface area (Å²) < 4.78 is 12.8. The molecule has 2 rings (SSSR count). The van der Waals surface area contributed by atoms with Crippen LogP contribution in [0.25, 0.3) is 11.3 Å². The summed E-state index contributed by atoms with van der Waals surface area (Å²) >= 11 is 1.42. The van der Waals surface area contributed by atoms with Gasteiger partial charge < -0.3 is 5.73 Å². The molecule has 0 bridgehead atoms. The van der Waals surface area contributed by atoms with Crippen LogP contribution in [0.3, 0.4) is 0 Å². The van der Waals surface area contributed by atoms with E-state index in [-0.39, 0.29) is 5.82 Å². The van der Waals surface area contributed by atoms with Crippen LogP contribution in [-0.2, 0) is 0 Å². The Morgan fingerprint density at radius 1 is 1.19 bits per heavy atom. The van der Waals surface area contributed by atoms with Crippen molar-refractivity contribution in [2.45, 2.75) is 5.16 Å². The number of nitrogen functional groups attached to an aromatic ring is 1. The van der Waals surface area contributed by atoms with E-state index in [1.54, 1.807) is 18.2 Å². The summed E-state index contributed by atoms with van der Waals surface area (Å²) in [5.41, 5.74) is 7.19. The van der Waals surface area contributed by atoms with Gasteiger partial charge in [0.2, 0.25) is 0 Å². The third-order valence-electron chi connectivity index (χ3n) is 2.05. The first-order valence-corrected chi connectivity index (χ1v) is 5.86. The molecular weight excluding hydrogens is 225 g/mol. The van der Waals surface area contributed by atoms with Gasteiger partial charge in [0.05, 0.1) is 5.69 Å². The van der Waals surface area contributed by atoms with Gasteiger partial charge in [-0.25, -0.2) is 14.4 Å². The molecule has 0 spiro atoms. The molecular formula is C11H10FN3S. The Kier molecular flexibility index (Phi) is 3.05. The minimum Gasteiger partial charge on any atom is -0.384 e. The normalized spacial score (nSPS) is 10.4. The lowest BCUT2D eigenvalue weighted by atomic mass is 10.1. The molecule has 82 valence electrons. The third kappa shape index (κ3) is 2.30. The molecule has 0 aliphatic heterocycles. The summed E-state index contributed by atoms with van der Waals surface area (Å²) in [5.74, 6) is 0.148. The Bertz CT molecular complexity index is 499. The minimum absolute atomic E-state index is 0.268. The maximum absolute atomic E-state index is 12.8. The van der Waals surface area contributed by atoms with Crippen molar-refractivity contribution in [3.63, 3.8) is 0 Å². The van der Waals surface area contributed by atoms with Crippen molar-refractivity contribution in [2.24, 2.45) is 0 Å². The fourth-order valence-corrected chi connectivity index (χ4v) is 1.69. The number of thioether (sulfide) groups is 1. The number of anilines is 1. The summed E-state index contributed by atoms with van der Waals surface area (Å²) in [7, 11) is 0. The number of aromatic nitrogens is 2. The van der Waals surface area contributed by atoms with Crippen LogP contribution in [-0.4, -0.2) is 16.2 Å². The first kappa shape index (κ1) is 10.9. The van der Waals surface area contributed by atoms with E-state index < -0.39 is 0 Å². The van der Waals surface area contributed by atoms with Crippen molar-refractivity contribution < 1.29 is 4.39 Å². The van der Waals surface area contributed by atoms with Crippen LogP contribution in [0.1, 0.15) is 0 Å². The van der Waals surface area contributed by atoms with Crippen molar-refractivity contribution in [1.82, 2.24) is 9.97 Å². The lowest BCUT2D eigenvalue weighted by Gasteiger charge is -2.04. The number of benzene rings is 1. The molecule has 0 aliphatic rings. The Balaban J connectivity index is 2.47. The fourth-order valence-electron chi connectivity index (χ4n) is 1.30. The number of rotatable bonds is 2. The second-order valence-electron chi connectivity index (χ2n) is 3.17. The van der Waals surface area contributed by atoms with Crippen LogP contribution < -0.4 is 5.73 Å². The molecule has 1 heterocycles. The summed E-state index contributed by atoms with van der Waals surface area (Å²) in [6.45, 7) is 0. The second kappa shape index (κ2) is 4.49. The molecule has 0 fully saturated rings. The van der Waals surface area contributed by atoms with Gasteiger partial charge >= 0.3 is 0 Å². The molecule has 0 saturated heterocycles. The van der Waals surface area contributed by atoms with Gasteiger partial charge in [0.1, 0.15) is 11.6 Å². The van der Waals surface area contributed by atoms with E-state index in [0.717, 1.165) is 5.56 Å². The van der Waals surface area contributed by atoms with Crippen LogP contribution in [0.4, 0.5) is 10.2 Å². The van der Waals surface area contributed by atoms with Gasteiger partial charge in [0, 0.05) is 11.6 Å². The van der Waals surface area contributed by atoms with E-state index in [1.807, 2.05) is 6.26 Å². The highest BCUT2D eigenvalue weighted by molar-refractivity contribution is 7.98. The summed E-state index contributed by atoms with van der Waals surface area (Å²) in [6, 6.07) is 7.80. The molecule has 16 heavy (non-hydrogen) atoms. The van der Waals surface area contributed by atoms with Gasteiger partial charge in [-0.15, -0.1) is 0 Å². The molecule has 0 radical (unpaired) electrons.